The van der Waals surface area contributed by atoms with Crippen LogP contribution in [0, 0.1) is 5.41 Å². The second-order valence-corrected chi connectivity index (χ2v) is 6.25. The minimum atomic E-state index is -0.647. The van der Waals surface area contributed by atoms with Crippen molar-refractivity contribution in [2.75, 3.05) is 13.1 Å². The van der Waals surface area contributed by atoms with Crippen LogP contribution in [-0.4, -0.2) is 35.1 Å². The van der Waals surface area contributed by atoms with Gasteiger partial charge < -0.3 is 5.11 Å². The fourth-order valence-electron chi connectivity index (χ4n) is 3.47. The predicted molar refractivity (Wildman–Crippen MR) is 74.2 cm³/mol. The van der Waals surface area contributed by atoms with Crippen LogP contribution < -0.4 is 0 Å². The monoisotopic (exact) mass is 259 g/mol. The van der Waals surface area contributed by atoms with E-state index >= 15 is 0 Å². The number of carbonyl (C=O) groups is 1. The highest BCUT2D eigenvalue weighted by molar-refractivity contribution is 5.74. The zero-order chi connectivity index (χ0) is 13.5. The molecule has 2 aliphatic rings. The van der Waals surface area contributed by atoms with E-state index in [1.807, 2.05) is 6.92 Å². The van der Waals surface area contributed by atoms with E-state index in [9.17, 15) is 9.90 Å². The van der Waals surface area contributed by atoms with E-state index < -0.39 is 11.4 Å². The Morgan fingerprint density at radius 3 is 2.79 bits per heavy atom. The second-order valence-electron chi connectivity index (χ2n) is 6.25. The van der Waals surface area contributed by atoms with Crippen LogP contribution in [-0.2, 0) is 17.6 Å². The van der Waals surface area contributed by atoms with Gasteiger partial charge in [0.2, 0.25) is 0 Å². The molecule has 1 aromatic carbocycles. The molecule has 1 N–H and O–H groups in total. The first kappa shape index (κ1) is 12.7. The Morgan fingerprint density at radius 2 is 2.11 bits per heavy atom. The minimum Gasteiger partial charge on any atom is -0.481 e. The van der Waals surface area contributed by atoms with Crippen LogP contribution in [0.5, 0.6) is 0 Å². The summed E-state index contributed by atoms with van der Waals surface area (Å²) in [4.78, 5) is 13.7. The van der Waals surface area contributed by atoms with Crippen LogP contribution in [0.4, 0.5) is 0 Å². The van der Waals surface area contributed by atoms with E-state index in [4.69, 9.17) is 0 Å². The number of carboxylic acid groups (broad SMARTS) is 1. The summed E-state index contributed by atoms with van der Waals surface area (Å²) in [6, 6.07) is 9.17. The van der Waals surface area contributed by atoms with E-state index in [1.54, 1.807) is 0 Å². The molecular weight excluding hydrogens is 238 g/mol. The molecule has 2 unspecified atom stereocenters. The lowest BCUT2D eigenvalue weighted by molar-refractivity contribution is -0.147. The Kier molecular flexibility index (Phi) is 3.09. The lowest BCUT2D eigenvalue weighted by atomic mass is 9.87. The number of aryl methyl sites for hydroxylation is 1. The highest BCUT2D eigenvalue weighted by Crippen LogP contribution is 2.34. The van der Waals surface area contributed by atoms with Crippen molar-refractivity contribution in [1.82, 2.24) is 4.90 Å². The van der Waals surface area contributed by atoms with Crippen LogP contribution in [0.25, 0.3) is 0 Å². The molecule has 0 spiro atoms. The van der Waals surface area contributed by atoms with Crippen molar-refractivity contribution in [2.24, 2.45) is 5.41 Å². The number of nitrogens with zero attached hydrogens (tertiary/aromatic N) is 1. The van der Waals surface area contributed by atoms with E-state index in [0.717, 1.165) is 32.2 Å². The number of rotatable bonds is 2. The van der Waals surface area contributed by atoms with Crippen LogP contribution in [0.15, 0.2) is 24.3 Å². The van der Waals surface area contributed by atoms with Crippen LogP contribution in [0.2, 0.25) is 0 Å². The first-order valence-electron chi connectivity index (χ1n) is 7.13. The summed E-state index contributed by atoms with van der Waals surface area (Å²) in [7, 11) is 0. The number of carboxylic acids is 1. The maximum Gasteiger partial charge on any atom is 0.310 e. The lowest BCUT2D eigenvalue weighted by Crippen LogP contribution is -2.40. The van der Waals surface area contributed by atoms with Gasteiger partial charge in [-0.3, -0.25) is 9.69 Å². The lowest BCUT2D eigenvalue weighted by Gasteiger charge is -2.33. The summed E-state index contributed by atoms with van der Waals surface area (Å²) >= 11 is 0. The SMILES string of the molecule is CC1(C(=O)O)CCN(C2CCc3ccccc3C2)C1. The van der Waals surface area contributed by atoms with Gasteiger partial charge in [0, 0.05) is 12.6 Å². The average Bonchev–Trinajstić information content (AvgIpc) is 2.82. The van der Waals surface area contributed by atoms with E-state index in [-0.39, 0.29) is 0 Å². The zero-order valence-corrected chi connectivity index (χ0v) is 11.4. The molecule has 1 fully saturated rings. The molecule has 2 atom stereocenters. The van der Waals surface area contributed by atoms with Gasteiger partial charge in [0.15, 0.2) is 0 Å². The number of hydrogen-bond donors (Lipinski definition) is 1. The molecule has 1 aliphatic carbocycles. The molecule has 1 aliphatic heterocycles. The highest BCUT2D eigenvalue weighted by Gasteiger charge is 2.42. The van der Waals surface area contributed by atoms with Gasteiger partial charge in [-0.05, 0) is 50.3 Å². The third-order valence-corrected chi connectivity index (χ3v) is 4.86. The maximum atomic E-state index is 11.3. The Morgan fingerprint density at radius 1 is 1.37 bits per heavy atom. The molecular formula is C16H21NO2. The summed E-state index contributed by atoms with van der Waals surface area (Å²) in [5.41, 5.74) is 2.37. The fourth-order valence-corrected chi connectivity index (χ4v) is 3.47. The first-order valence-corrected chi connectivity index (χ1v) is 7.13. The number of fused-ring (bicyclic) bond motifs is 1. The average molecular weight is 259 g/mol. The van der Waals surface area contributed by atoms with Crippen molar-refractivity contribution in [3.05, 3.63) is 35.4 Å². The van der Waals surface area contributed by atoms with Crippen molar-refractivity contribution < 1.29 is 9.90 Å². The molecule has 3 nitrogen and oxygen atoms in total. The number of likely N-dealkylation sites (tertiary alicyclic amines) is 1. The van der Waals surface area contributed by atoms with Crippen LogP contribution >= 0.6 is 0 Å². The van der Waals surface area contributed by atoms with Gasteiger partial charge in [0.1, 0.15) is 0 Å². The van der Waals surface area contributed by atoms with Crippen molar-refractivity contribution in [1.29, 1.82) is 0 Å². The Bertz CT molecular complexity index is 499. The molecule has 1 heterocycles. The van der Waals surface area contributed by atoms with Gasteiger partial charge in [-0.2, -0.15) is 0 Å². The Labute approximate surface area is 114 Å². The van der Waals surface area contributed by atoms with Crippen LogP contribution in [0.1, 0.15) is 30.9 Å². The summed E-state index contributed by atoms with van der Waals surface area (Å²) < 4.78 is 0. The Balaban J connectivity index is 1.71. The minimum absolute atomic E-state index is 0.524. The molecule has 1 saturated heterocycles. The van der Waals surface area contributed by atoms with Crippen molar-refractivity contribution in [2.45, 2.75) is 38.6 Å². The normalized spacial score (nSPS) is 31.1. The van der Waals surface area contributed by atoms with Crippen molar-refractivity contribution in [3.63, 3.8) is 0 Å². The van der Waals surface area contributed by atoms with Gasteiger partial charge in [-0.25, -0.2) is 0 Å². The van der Waals surface area contributed by atoms with Gasteiger partial charge >= 0.3 is 5.97 Å². The second kappa shape index (κ2) is 4.64. The van der Waals surface area contributed by atoms with Gasteiger partial charge in [0.05, 0.1) is 5.41 Å². The molecule has 3 rings (SSSR count). The molecule has 0 radical (unpaired) electrons. The molecule has 0 saturated carbocycles. The third-order valence-electron chi connectivity index (χ3n) is 4.86. The summed E-state index contributed by atoms with van der Waals surface area (Å²) in [6.07, 6.45) is 4.14. The largest absolute Gasteiger partial charge is 0.481 e. The van der Waals surface area contributed by atoms with Gasteiger partial charge in [-0.1, -0.05) is 24.3 Å². The summed E-state index contributed by atoms with van der Waals surface area (Å²) in [5.74, 6) is -0.647. The quantitative estimate of drug-likeness (QED) is 0.886. The van der Waals surface area contributed by atoms with Crippen LogP contribution in [0.3, 0.4) is 0 Å². The molecule has 19 heavy (non-hydrogen) atoms. The highest BCUT2D eigenvalue weighted by atomic mass is 16.4. The van der Waals surface area contributed by atoms with Crippen molar-refractivity contribution in [3.8, 4) is 0 Å². The summed E-state index contributed by atoms with van der Waals surface area (Å²) in [5, 5.41) is 9.32. The molecule has 102 valence electrons. The Hall–Kier alpha value is -1.35. The topological polar surface area (TPSA) is 40.5 Å². The molecule has 0 bridgehead atoms. The van der Waals surface area contributed by atoms with Gasteiger partial charge in [-0.15, -0.1) is 0 Å². The standard InChI is InChI=1S/C16H21NO2/c1-16(15(18)19)8-9-17(11-16)14-7-6-12-4-2-3-5-13(12)10-14/h2-5,14H,6-11H2,1H3,(H,18,19). The summed E-state index contributed by atoms with van der Waals surface area (Å²) in [6.45, 7) is 3.51. The zero-order valence-electron chi connectivity index (χ0n) is 11.4. The first-order chi connectivity index (χ1) is 9.08. The maximum absolute atomic E-state index is 11.3. The van der Waals surface area contributed by atoms with E-state index in [2.05, 4.69) is 29.2 Å². The molecule has 1 aromatic rings. The molecule has 3 heteroatoms. The molecule has 0 amide bonds. The number of aliphatic carboxylic acids is 1. The van der Waals surface area contributed by atoms with E-state index in [0.29, 0.717) is 12.6 Å². The third kappa shape index (κ3) is 2.27. The number of benzene rings is 1. The fraction of sp³-hybridized carbons (Fsp3) is 0.562. The van der Waals surface area contributed by atoms with Gasteiger partial charge in [0.25, 0.3) is 0 Å². The number of hydrogen-bond acceptors (Lipinski definition) is 2. The smallest absolute Gasteiger partial charge is 0.310 e. The van der Waals surface area contributed by atoms with Crippen molar-refractivity contribution >= 4 is 5.97 Å². The predicted octanol–water partition coefficient (Wildman–Crippen LogP) is 2.34. The van der Waals surface area contributed by atoms with E-state index in [1.165, 1.54) is 11.1 Å². The molecule has 0 aromatic heterocycles.